The molecule has 0 N–H and O–H groups in total. The fourth-order valence-corrected chi connectivity index (χ4v) is 2.07. The molecule has 0 saturated carbocycles. The summed E-state index contributed by atoms with van der Waals surface area (Å²) < 4.78 is 0. The van der Waals surface area contributed by atoms with Crippen LogP contribution >= 0.6 is 11.8 Å². The normalized spacial score (nSPS) is 20.7. The standard InChI is InChI=1S/C10H12N2OS/c1-6-3-8-7(9(13)4-6)5-11-10(12-8)14-2/h5-6H,3-4H2,1-2H3. The number of hydrogen-bond donors (Lipinski definition) is 0. The quantitative estimate of drug-likeness (QED) is 0.522. The number of fused-ring (bicyclic) bond motifs is 1. The van der Waals surface area contributed by atoms with Gasteiger partial charge in [-0.3, -0.25) is 4.79 Å². The molecule has 1 aromatic heterocycles. The Labute approximate surface area is 87.3 Å². The number of hydrogen-bond acceptors (Lipinski definition) is 4. The van der Waals surface area contributed by atoms with Crippen molar-refractivity contribution in [3.8, 4) is 0 Å². The van der Waals surface area contributed by atoms with Gasteiger partial charge in [0, 0.05) is 12.6 Å². The Balaban J connectivity index is 2.44. The lowest BCUT2D eigenvalue weighted by Crippen LogP contribution is -2.19. The number of thioether (sulfide) groups is 1. The minimum Gasteiger partial charge on any atom is -0.294 e. The van der Waals surface area contributed by atoms with E-state index in [2.05, 4.69) is 16.9 Å². The molecule has 0 fully saturated rings. The molecule has 0 spiro atoms. The number of ketones is 1. The van der Waals surface area contributed by atoms with Crippen molar-refractivity contribution in [2.24, 2.45) is 5.92 Å². The molecule has 0 amide bonds. The fraction of sp³-hybridized carbons (Fsp3) is 0.500. The van der Waals surface area contributed by atoms with Gasteiger partial charge >= 0.3 is 0 Å². The zero-order valence-electron chi connectivity index (χ0n) is 8.28. The molecule has 0 bridgehead atoms. The van der Waals surface area contributed by atoms with Gasteiger partial charge in [0.25, 0.3) is 0 Å². The molecule has 1 atom stereocenters. The van der Waals surface area contributed by atoms with Crippen LogP contribution in [0, 0.1) is 5.92 Å². The summed E-state index contributed by atoms with van der Waals surface area (Å²) >= 11 is 1.51. The molecule has 14 heavy (non-hydrogen) atoms. The van der Waals surface area contributed by atoms with E-state index in [1.165, 1.54) is 11.8 Å². The maximum absolute atomic E-state index is 11.6. The van der Waals surface area contributed by atoms with Gasteiger partial charge in [0.2, 0.25) is 0 Å². The van der Waals surface area contributed by atoms with Crippen LogP contribution in [0.25, 0.3) is 0 Å². The molecule has 4 heteroatoms. The molecule has 1 heterocycles. The maximum atomic E-state index is 11.6. The van der Waals surface area contributed by atoms with Crippen LogP contribution in [-0.4, -0.2) is 22.0 Å². The van der Waals surface area contributed by atoms with Crippen molar-refractivity contribution in [3.63, 3.8) is 0 Å². The highest BCUT2D eigenvalue weighted by molar-refractivity contribution is 7.98. The van der Waals surface area contributed by atoms with Gasteiger partial charge in [-0.25, -0.2) is 9.97 Å². The Morgan fingerprint density at radius 2 is 2.29 bits per heavy atom. The first kappa shape index (κ1) is 9.65. The Kier molecular flexibility index (Phi) is 2.54. The third-order valence-electron chi connectivity index (χ3n) is 2.40. The Bertz CT molecular complexity index is 378. The lowest BCUT2D eigenvalue weighted by molar-refractivity contribution is 0.0951. The number of rotatable bonds is 1. The Morgan fingerprint density at radius 1 is 1.50 bits per heavy atom. The smallest absolute Gasteiger partial charge is 0.187 e. The maximum Gasteiger partial charge on any atom is 0.187 e. The van der Waals surface area contributed by atoms with Gasteiger partial charge in [-0.15, -0.1) is 0 Å². The van der Waals surface area contributed by atoms with E-state index in [9.17, 15) is 4.79 Å². The second-order valence-electron chi connectivity index (χ2n) is 3.65. The van der Waals surface area contributed by atoms with Crippen LogP contribution in [0.3, 0.4) is 0 Å². The summed E-state index contributed by atoms with van der Waals surface area (Å²) in [6.07, 6.45) is 5.14. The fourth-order valence-electron chi connectivity index (χ4n) is 1.71. The third kappa shape index (κ3) is 1.66. The van der Waals surface area contributed by atoms with Gasteiger partial charge in [-0.2, -0.15) is 0 Å². The van der Waals surface area contributed by atoms with Crippen molar-refractivity contribution in [3.05, 3.63) is 17.5 Å². The highest BCUT2D eigenvalue weighted by Crippen LogP contribution is 2.24. The van der Waals surface area contributed by atoms with E-state index in [0.29, 0.717) is 12.3 Å². The average molecular weight is 208 g/mol. The summed E-state index contributed by atoms with van der Waals surface area (Å²) in [5.41, 5.74) is 1.65. The largest absolute Gasteiger partial charge is 0.294 e. The van der Waals surface area contributed by atoms with Crippen LogP contribution < -0.4 is 0 Å². The molecule has 1 unspecified atom stereocenters. The van der Waals surface area contributed by atoms with Gasteiger partial charge in [0.05, 0.1) is 11.3 Å². The van der Waals surface area contributed by atoms with Crippen LogP contribution in [0.1, 0.15) is 29.4 Å². The zero-order chi connectivity index (χ0) is 10.1. The van der Waals surface area contributed by atoms with Crippen LogP contribution in [0.5, 0.6) is 0 Å². The second-order valence-corrected chi connectivity index (χ2v) is 4.43. The van der Waals surface area contributed by atoms with Crippen molar-refractivity contribution in [2.45, 2.75) is 24.9 Å². The first-order chi connectivity index (χ1) is 6.70. The minimum absolute atomic E-state index is 0.186. The van der Waals surface area contributed by atoms with E-state index in [1.807, 2.05) is 6.26 Å². The van der Waals surface area contributed by atoms with E-state index in [4.69, 9.17) is 0 Å². The van der Waals surface area contributed by atoms with E-state index in [-0.39, 0.29) is 5.78 Å². The van der Waals surface area contributed by atoms with Crippen molar-refractivity contribution in [1.82, 2.24) is 9.97 Å². The molecule has 0 radical (unpaired) electrons. The van der Waals surface area contributed by atoms with Crippen molar-refractivity contribution < 1.29 is 4.79 Å². The molecule has 1 aliphatic carbocycles. The topological polar surface area (TPSA) is 42.9 Å². The molecule has 0 aromatic carbocycles. The monoisotopic (exact) mass is 208 g/mol. The molecule has 0 aliphatic heterocycles. The second kappa shape index (κ2) is 3.69. The third-order valence-corrected chi connectivity index (χ3v) is 2.97. The highest BCUT2D eigenvalue weighted by Gasteiger charge is 2.23. The predicted molar refractivity (Wildman–Crippen MR) is 55.6 cm³/mol. The first-order valence-electron chi connectivity index (χ1n) is 4.64. The summed E-state index contributed by atoms with van der Waals surface area (Å²) in [5.74, 6) is 0.603. The van der Waals surface area contributed by atoms with Gasteiger partial charge < -0.3 is 0 Å². The van der Waals surface area contributed by atoms with Crippen molar-refractivity contribution >= 4 is 17.5 Å². The van der Waals surface area contributed by atoms with Gasteiger partial charge in [0.15, 0.2) is 10.9 Å². The van der Waals surface area contributed by atoms with Gasteiger partial charge in [-0.05, 0) is 18.6 Å². The SMILES string of the molecule is CSc1ncc2c(n1)CC(C)CC2=O. The van der Waals surface area contributed by atoms with Crippen LogP contribution in [-0.2, 0) is 6.42 Å². The molecule has 74 valence electrons. The summed E-state index contributed by atoms with van der Waals surface area (Å²) in [4.78, 5) is 20.1. The number of aromatic nitrogens is 2. The zero-order valence-corrected chi connectivity index (χ0v) is 9.10. The number of carbonyl (C=O) groups excluding carboxylic acids is 1. The summed E-state index contributed by atoms with van der Waals surface area (Å²) in [6.45, 7) is 2.09. The minimum atomic E-state index is 0.186. The molecule has 1 aromatic rings. The summed E-state index contributed by atoms with van der Waals surface area (Å²) in [5, 5.41) is 0.755. The number of carbonyl (C=O) groups is 1. The van der Waals surface area contributed by atoms with Crippen molar-refractivity contribution in [1.29, 1.82) is 0 Å². The van der Waals surface area contributed by atoms with E-state index in [1.54, 1.807) is 6.20 Å². The van der Waals surface area contributed by atoms with E-state index < -0.39 is 0 Å². The highest BCUT2D eigenvalue weighted by atomic mass is 32.2. The van der Waals surface area contributed by atoms with Crippen LogP contribution in [0.2, 0.25) is 0 Å². The molecular formula is C10H12N2OS. The summed E-state index contributed by atoms with van der Waals surface area (Å²) in [7, 11) is 0. The Hall–Kier alpha value is -0.900. The van der Waals surface area contributed by atoms with E-state index >= 15 is 0 Å². The summed E-state index contributed by atoms with van der Waals surface area (Å²) in [6, 6.07) is 0. The predicted octanol–water partition coefficient (Wildman–Crippen LogP) is 1.96. The average Bonchev–Trinajstić information content (AvgIpc) is 2.16. The van der Waals surface area contributed by atoms with Crippen molar-refractivity contribution in [2.75, 3.05) is 6.26 Å². The van der Waals surface area contributed by atoms with Crippen LogP contribution in [0.4, 0.5) is 0 Å². The Morgan fingerprint density at radius 3 is 3.00 bits per heavy atom. The molecule has 2 rings (SSSR count). The molecular weight excluding hydrogens is 196 g/mol. The van der Waals surface area contributed by atoms with E-state index in [0.717, 1.165) is 22.8 Å². The molecule has 3 nitrogen and oxygen atoms in total. The number of Topliss-reactive ketones (excluding diaryl/α,β-unsaturated/α-hetero) is 1. The van der Waals surface area contributed by atoms with Gasteiger partial charge in [-0.1, -0.05) is 18.7 Å². The molecule has 1 aliphatic rings. The van der Waals surface area contributed by atoms with Gasteiger partial charge in [0.1, 0.15) is 0 Å². The molecule has 0 saturated heterocycles. The lowest BCUT2D eigenvalue weighted by Gasteiger charge is -2.18. The lowest BCUT2D eigenvalue weighted by atomic mass is 9.88. The van der Waals surface area contributed by atoms with Crippen LogP contribution in [0.15, 0.2) is 11.4 Å². The first-order valence-corrected chi connectivity index (χ1v) is 5.86. The number of nitrogens with zero attached hydrogens (tertiary/aromatic N) is 2.